The summed E-state index contributed by atoms with van der Waals surface area (Å²) in [5, 5.41) is 5.65. The maximum atomic E-state index is 10.8. The van der Waals surface area contributed by atoms with Crippen molar-refractivity contribution in [2.75, 3.05) is 31.6 Å². The standard InChI is InChI=1S/C8H17NO.C7H15NO.2C4H4N2.2C2H6O2S/c1-4-5-8(10)9-6-7(2)3;1-4-5-7(9)8-6(2)3;2*1-2-5-4-6-3-1;2*1-5(2,3)4/h7H,4-6H2,1-3H3,(H,9,10);6H,4-5H2,1-3H3,(H,8,9);2*1-4H;2*1-2H3. The Hall–Kier alpha value is -3.00. The molecule has 0 radical (unpaired) electrons. The summed E-state index contributed by atoms with van der Waals surface area (Å²) in [6.07, 6.45) is 17.6. The average Bonchev–Trinajstić information content (AvgIpc) is 2.84. The molecular weight excluding hydrogens is 568 g/mol. The zero-order chi connectivity index (χ0) is 32.7. The molecule has 2 N–H and O–H groups in total. The predicted octanol–water partition coefficient (Wildman–Crippen LogP) is 3.14. The van der Waals surface area contributed by atoms with Crippen LogP contribution in [0.5, 0.6) is 0 Å². The van der Waals surface area contributed by atoms with E-state index in [2.05, 4.69) is 44.4 Å². The molecule has 0 bridgehead atoms. The normalized spacial score (nSPS) is 9.76. The van der Waals surface area contributed by atoms with Crippen LogP contribution in [0.4, 0.5) is 0 Å². The summed E-state index contributed by atoms with van der Waals surface area (Å²) < 4.78 is 38.5. The van der Waals surface area contributed by atoms with Crippen LogP contribution in [-0.2, 0) is 29.3 Å². The molecule has 0 aliphatic rings. The Morgan fingerprint density at radius 3 is 1.17 bits per heavy atom. The predicted molar refractivity (Wildman–Crippen MR) is 167 cm³/mol. The fourth-order valence-corrected chi connectivity index (χ4v) is 1.76. The van der Waals surface area contributed by atoms with Gasteiger partial charge in [-0.15, -0.1) is 0 Å². The van der Waals surface area contributed by atoms with E-state index in [0.29, 0.717) is 18.8 Å². The SMILES string of the molecule is CCCC(=O)NC(C)C.CCCC(=O)NCC(C)C.CS(C)(=O)=O.CS(C)(=O)=O.c1cncnc1.c1cncnc1. The molecule has 0 aliphatic carbocycles. The van der Waals surface area contributed by atoms with E-state index >= 15 is 0 Å². The van der Waals surface area contributed by atoms with E-state index in [4.69, 9.17) is 0 Å². The largest absolute Gasteiger partial charge is 0.356 e. The van der Waals surface area contributed by atoms with Gasteiger partial charge in [-0.3, -0.25) is 9.59 Å². The number of nitrogens with one attached hydrogen (secondary N) is 2. The average molecular weight is 621 g/mol. The third-order valence-corrected chi connectivity index (χ3v) is 3.07. The lowest BCUT2D eigenvalue weighted by atomic mass is 10.2. The van der Waals surface area contributed by atoms with Gasteiger partial charge < -0.3 is 10.6 Å². The number of sulfone groups is 2. The van der Waals surface area contributed by atoms with Crippen molar-refractivity contribution in [2.45, 2.75) is 73.3 Å². The van der Waals surface area contributed by atoms with E-state index < -0.39 is 19.7 Å². The van der Waals surface area contributed by atoms with E-state index in [9.17, 15) is 26.4 Å². The number of aromatic nitrogens is 4. The second-order valence-corrected chi connectivity index (χ2v) is 14.1. The van der Waals surface area contributed by atoms with Gasteiger partial charge in [0.1, 0.15) is 32.3 Å². The molecule has 0 aliphatic heterocycles. The highest BCUT2D eigenvalue weighted by Gasteiger charge is 1.99. The topological polar surface area (TPSA) is 178 Å². The lowest BCUT2D eigenvalue weighted by Gasteiger charge is -2.05. The monoisotopic (exact) mass is 620 g/mol. The maximum absolute atomic E-state index is 10.8. The van der Waals surface area contributed by atoms with Crippen molar-refractivity contribution in [3.63, 3.8) is 0 Å². The maximum Gasteiger partial charge on any atom is 0.220 e. The molecular formula is C27H52N6O6S2. The molecule has 2 heterocycles. The fourth-order valence-electron chi connectivity index (χ4n) is 1.76. The van der Waals surface area contributed by atoms with Crippen LogP contribution in [0.3, 0.4) is 0 Å². The number of hydrogen-bond donors (Lipinski definition) is 2. The van der Waals surface area contributed by atoms with Crippen LogP contribution < -0.4 is 10.6 Å². The fraction of sp³-hybridized carbons (Fsp3) is 0.630. The van der Waals surface area contributed by atoms with Crippen molar-refractivity contribution in [2.24, 2.45) is 5.92 Å². The van der Waals surface area contributed by atoms with Crippen molar-refractivity contribution in [3.05, 3.63) is 49.6 Å². The van der Waals surface area contributed by atoms with E-state index in [1.54, 1.807) is 36.9 Å². The molecule has 0 spiro atoms. The number of carbonyl (C=O) groups excluding carboxylic acids is 2. The van der Waals surface area contributed by atoms with E-state index in [1.165, 1.54) is 12.7 Å². The molecule has 12 nitrogen and oxygen atoms in total. The third-order valence-electron chi connectivity index (χ3n) is 3.07. The summed E-state index contributed by atoms with van der Waals surface area (Å²) >= 11 is 0. The number of hydrogen-bond acceptors (Lipinski definition) is 10. The van der Waals surface area contributed by atoms with Crippen molar-refractivity contribution in [1.82, 2.24) is 30.6 Å². The third kappa shape index (κ3) is 78.7. The molecule has 0 atom stereocenters. The van der Waals surface area contributed by atoms with Crippen molar-refractivity contribution >= 4 is 31.5 Å². The Balaban J connectivity index is -0.000000204. The number of rotatable bonds is 7. The van der Waals surface area contributed by atoms with Crippen LogP contribution in [0.1, 0.15) is 67.2 Å². The first-order chi connectivity index (χ1) is 18.8. The first kappa shape index (κ1) is 45.0. The molecule has 0 saturated heterocycles. The first-order valence-electron chi connectivity index (χ1n) is 13.1. The van der Waals surface area contributed by atoms with Gasteiger partial charge in [0.05, 0.1) is 0 Å². The Bertz CT molecular complexity index is 923. The molecule has 14 heteroatoms. The Morgan fingerprint density at radius 1 is 0.659 bits per heavy atom. The summed E-state index contributed by atoms with van der Waals surface area (Å²) in [4.78, 5) is 36.3. The van der Waals surface area contributed by atoms with Gasteiger partial charge >= 0.3 is 0 Å². The first-order valence-corrected chi connectivity index (χ1v) is 17.7. The van der Waals surface area contributed by atoms with E-state index in [1.807, 2.05) is 27.7 Å². The lowest BCUT2D eigenvalue weighted by molar-refractivity contribution is -0.122. The van der Waals surface area contributed by atoms with Crippen molar-refractivity contribution in [1.29, 1.82) is 0 Å². The van der Waals surface area contributed by atoms with Gasteiger partial charge in [-0.2, -0.15) is 0 Å². The highest BCUT2D eigenvalue weighted by atomic mass is 32.2. The molecule has 2 rings (SSSR count). The van der Waals surface area contributed by atoms with E-state index in [0.717, 1.165) is 44.4 Å². The summed E-state index contributed by atoms with van der Waals surface area (Å²) in [5.41, 5.74) is 0. The van der Waals surface area contributed by atoms with E-state index in [-0.39, 0.29) is 17.9 Å². The summed E-state index contributed by atoms with van der Waals surface area (Å²) in [6.45, 7) is 12.9. The molecule has 2 aromatic rings. The molecule has 0 aromatic carbocycles. The van der Waals surface area contributed by atoms with Crippen LogP contribution in [0.2, 0.25) is 0 Å². The second-order valence-electron chi connectivity index (χ2n) is 9.51. The molecule has 238 valence electrons. The zero-order valence-corrected chi connectivity index (χ0v) is 28.0. The van der Waals surface area contributed by atoms with Gasteiger partial charge in [-0.1, -0.05) is 27.7 Å². The quantitative estimate of drug-likeness (QED) is 0.467. The number of carbonyl (C=O) groups is 2. The summed E-state index contributed by atoms with van der Waals surface area (Å²) in [6, 6.07) is 3.84. The highest BCUT2D eigenvalue weighted by Crippen LogP contribution is 1.90. The van der Waals surface area contributed by atoms with Gasteiger partial charge in [-0.25, -0.2) is 36.8 Å². The van der Waals surface area contributed by atoms with Gasteiger partial charge in [0, 0.05) is 75.2 Å². The van der Waals surface area contributed by atoms with Crippen molar-refractivity contribution < 1.29 is 26.4 Å². The lowest BCUT2D eigenvalue weighted by Crippen LogP contribution is -2.29. The summed E-state index contributed by atoms with van der Waals surface area (Å²) in [7, 11) is -5.33. The molecule has 0 unspecified atom stereocenters. The van der Waals surface area contributed by atoms with Crippen molar-refractivity contribution in [3.8, 4) is 0 Å². The van der Waals surface area contributed by atoms with Crippen LogP contribution in [-0.4, -0.2) is 86.2 Å². The molecule has 2 amide bonds. The van der Waals surface area contributed by atoms with Crippen LogP contribution >= 0.6 is 0 Å². The molecule has 0 fully saturated rings. The van der Waals surface area contributed by atoms with Gasteiger partial charge in [0.15, 0.2) is 0 Å². The minimum Gasteiger partial charge on any atom is -0.356 e. The minimum absolute atomic E-state index is 0.160. The highest BCUT2D eigenvalue weighted by molar-refractivity contribution is 7.90. The summed E-state index contributed by atoms with van der Waals surface area (Å²) in [5.74, 6) is 0.893. The second kappa shape index (κ2) is 30.0. The smallest absolute Gasteiger partial charge is 0.220 e. The van der Waals surface area contributed by atoms with Gasteiger partial charge in [-0.05, 0) is 44.7 Å². The molecule has 2 aromatic heterocycles. The Kier molecular flexibility index (Phi) is 32.9. The number of nitrogens with zero attached hydrogens (tertiary/aromatic N) is 4. The van der Waals surface area contributed by atoms with Crippen LogP contribution in [0, 0.1) is 5.92 Å². The van der Waals surface area contributed by atoms with Crippen LogP contribution in [0.25, 0.3) is 0 Å². The van der Waals surface area contributed by atoms with Gasteiger partial charge in [0.2, 0.25) is 11.8 Å². The zero-order valence-electron chi connectivity index (χ0n) is 26.4. The molecule has 41 heavy (non-hydrogen) atoms. The Labute approximate surface area is 248 Å². The Morgan fingerprint density at radius 2 is 0.976 bits per heavy atom. The van der Waals surface area contributed by atoms with Gasteiger partial charge in [0.25, 0.3) is 0 Å². The molecule has 0 saturated carbocycles. The minimum atomic E-state index is -2.67. The number of amides is 2. The van der Waals surface area contributed by atoms with Crippen LogP contribution in [0.15, 0.2) is 49.6 Å².